The van der Waals surface area contributed by atoms with E-state index < -0.39 is 11.6 Å². The Labute approximate surface area is 127 Å². The summed E-state index contributed by atoms with van der Waals surface area (Å²) in [5, 5.41) is 3.55. The van der Waals surface area contributed by atoms with Gasteiger partial charge in [-0.3, -0.25) is 0 Å². The molecule has 1 N–H and O–H groups in total. The second-order valence-corrected chi connectivity index (χ2v) is 6.63. The third-order valence-electron chi connectivity index (χ3n) is 5.03. The van der Waals surface area contributed by atoms with Crippen LogP contribution in [0.4, 0.5) is 8.78 Å². The highest BCUT2D eigenvalue weighted by Gasteiger charge is 2.31. The summed E-state index contributed by atoms with van der Waals surface area (Å²) < 4.78 is 26.7. The molecule has 118 valence electrons. The van der Waals surface area contributed by atoms with Gasteiger partial charge < -0.3 is 5.32 Å². The Bertz CT molecular complexity index is 461. The average Bonchev–Trinajstić information content (AvgIpc) is 2.46. The third-order valence-corrected chi connectivity index (χ3v) is 5.03. The number of halogens is 2. The molecule has 1 aliphatic carbocycles. The molecule has 1 saturated carbocycles. The van der Waals surface area contributed by atoms with Crippen molar-refractivity contribution in [1.29, 1.82) is 0 Å². The van der Waals surface area contributed by atoms with Crippen LogP contribution in [0.25, 0.3) is 0 Å². The summed E-state index contributed by atoms with van der Waals surface area (Å²) in [4.78, 5) is 0. The number of hydrogen-bond donors (Lipinski definition) is 1. The Morgan fingerprint density at radius 1 is 1.14 bits per heavy atom. The fourth-order valence-corrected chi connectivity index (χ4v) is 3.45. The number of nitrogens with one attached hydrogen (secondary N) is 1. The zero-order valence-electron chi connectivity index (χ0n) is 13.3. The largest absolute Gasteiger partial charge is 0.310 e. The highest BCUT2D eigenvalue weighted by atomic mass is 19.2. The van der Waals surface area contributed by atoms with E-state index in [1.807, 2.05) is 0 Å². The molecule has 1 aliphatic rings. The van der Waals surface area contributed by atoms with E-state index in [9.17, 15) is 8.78 Å². The van der Waals surface area contributed by atoms with Gasteiger partial charge >= 0.3 is 0 Å². The molecule has 0 heterocycles. The van der Waals surface area contributed by atoms with Crippen LogP contribution in [0.1, 0.15) is 58.1 Å². The summed E-state index contributed by atoms with van der Waals surface area (Å²) in [5.41, 5.74) is 0.883. The van der Waals surface area contributed by atoms with Gasteiger partial charge in [-0.05, 0) is 61.3 Å². The van der Waals surface area contributed by atoms with Crippen molar-refractivity contribution in [3.63, 3.8) is 0 Å². The second-order valence-electron chi connectivity index (χ2n) is 6.63. The van der Waals surface area contributed by atoms with Crippen molar-refractivity contribution in [2.45, 2.75) is 52.5 Å². The van der Waals surface area contributed by atoms with Crippen molar-refractivity contribution < 1.29 is 8.78 Å². The summed E-state index contributed by atoms with van der Waals surface area (Å²) >= 11 is 0. The number of hydrogen-bond acceptors (Lipinski definition) is 1. The van der Waals surface area contributed by atoms with E-state index in [1.54, 1.807) is 6.07 Å². The van der Waals surface area contributed by atoms with Crippen molar-refractivity contribution >= 4 is 0 Å². The van der Waals surface area contributed by atoms with Crippen LogP contribution in [0.2, 0.25) is 0 Å². The molecule has 1 aromatic carbocycles. The first-order chi connectivity index (χ1) is 10.0. The molecule has 3 heteroatoms. The molecule has 1 nitrogen and oxygen atoms in total. The van der Waals surface area contributed by atoms with Crippen molar-refractivity contribution in [2.75, 3.05) is 6.54 Å². The zero-order valence-corrected chi connectivity index (χ0v) is 13.3. The molecule has 2 rings (SSSR count). The van der Waals surface area contributed by atoms with E-state index in [0.717, 1.165) is 37.3 Å². The summed E-state index contributed by atoms with van der Waals surface area (Å²) in [6.07, 6.45) is 4.58. The smallest absolute Gasteiger partial charge is 0.159 e. The van der Waals surface area contributed by atoms with Gasteiger partial charge in [0.15, 0.2) is 11.6 Å². The first kappa shape index (κ1) is 16.4. The molecule has 0 saturated heterocycles. The lowest BCUT2D eigenvalue weighted by Crippen LogP contribution is -2.33. The lowest BCUT2D eigenvalue weighted by Gasteiger charge is -2.37. The Hall–Kier alpha value is -0.960. The first-order valence-corrected chi connectivity index (χ1v) is 8.21. The van der Waals surface area contributed by atoms with E-state index in [0.29, 0.717) is 11.8 Å². The van der Waals surface area contributed by atoms with Crippen LogP contribution in [0.5, 0.6) is 0 Å². The standard InChI is InChI=1S/C18H27F2N/c1-4-9-21-18(14-6-5-12(2)13(3)10-14)15-7-8-16(19)17(20)11-15/h7-8,11-14,18,21H,4-6,9-10H2,1-3H3. The van der Waals surface area contributed by atoms with Crippen molar-refractivity contribution in [3.05, 3.63) is 35.4 Å². The maximum atomic E-state index is 13.6. The molecular weight excluding hydrogens is 268 g/mol. The highest BCUT2D eigenvalue weighted by molar-refractivity contribution is 5.22. The van der Waals surface area contributed by atoms with Crippen molar-refractivity contribution in [2.24, 2.45) is 17.8 Å². The monoisotopic (exact) mass is 295 g/mol. The van der Waals surface area contributed by atoms with E-state index >= 15 is 0 Å². The van der Waals surface area contributed by atoms with Gasteiger partial charge in [0.1, 0.15) is 0 Å². The van der Waals surface area contributed by atoms with Crippen LogP contribution in [-0.4, -0.2) is 6.54 Å². The Morgan fingerprint density at radius 3 is 2.52 bits per heavy atom. The molecule has 21 heavy (non-hydrogen) atoms. The first-order valence-electron chi connectivity index (χ1n) is 8.21. The van der Waals surface area contributed by atoms with Gasteiger partial charge in [-0.25, -0.2) is 8.78 Å². The average molecular weight is 295 g/mol. The fraction of sp³-hybridized carbons (Fsp3) is 0.667. The third kappa shape index (κ3) is 4.03. The summed E-state index contributed by atoms with van der Waals surface area (Å²) in [6.45, 7) is 7.65. The van der Waals surface area contributed by atoms with Gasteiger partial charge in [0.25, 0.3) is 0 Å². The number of rotatable bonds is 5. The predicted molar refractivity (Wildman–Crippen MR) is 83.1 cm³/mol. The van der Waals surface area contributed by atoms with Crippen LogP contribution in [-0.2, 0) is 0 Å². The van der Waals surface area contributed by atoms with Crippen molar-refractivity contribution in [3.8, 4) is 0 Å². The maximum Gasteiger partial charge on any atom is 0.159 e. The minimum atomic E-state index is -0.765. The topological polar surface area (TPSA) is 12.0 Å². The van der Waals surface area contributed by atoms with Crippen LogP contribution >= 0.6 is 0 Å². The van der Waals surface area contributed by atoms with Crippen molar-refractivity contribution in [1.82, 2.24) is 5.32 Å². The van der Waals surface area contributed by atoms with Gasteiger partial charge in [0.2, 0.25) is 0 Å². The second kappa shape index (κ2) is 7.35. The summed E-state index contributed by atoms with van der Waals surface area (Å²) in [5.74, 6) is 0.456. The Balaban J connectivity index is 2.19. The lowest BCUT2D eigenvalue weighted by molar-refractivity contribution is 0.171. The van der Waals surface area contributed by atoms with E-state index in [2.05, 4.69) is 26.1 Å². The maximum absolute atomic E-state index is 13.6. The molecule has 0 amide bonds. The molecule has 0 aliphatic heterocycles. The van der Waals surface area contributed by atoms with E-state index in [1.165, 1.54) is 18.6 Å². The van der Waals surface area contributed by atoms with Gasteiger partial charge in [-0.1, -0.05) is 33.3 Å². The van der Waals surface area contributed by atoms with E-state index in [-0.39, 0.29) is 6.04 Å². The SMILES string of the molecule is CCCNC(c1ccc(F)c(F)c1)C1CCC(C)C(C)C1. The quantitative estimate of drug-likeness (QED) is 0.799. The molecule has 0 radical (unpaired) electrons. The van der Waals surface area contributed by atoms with Gasteiger partial charge in [0.05, 0.1) is 0 Å². The van der Waals surface area contributed by atoms with Gasteiger partial charge in [0, 0.05) is 6.04 Å². The highest BCUT2D eigenvalue weighted by Crippen LogP contribution is 2.40. The molecule has 0 aromatic heterocycles. The molecule has 4 atom stereocenters. The molecule has 4 unspecified atom stereocenters. The molecule has 1 aromatic rings. The molecular formula is C18H27F2N. The van der Waals surface area contributed by atoms with Gasteiger partial charge in [-0.15, -0.1) is 0 Å². The molecule has 0 bridgehead atoms. The summed E-state index contributed by atoms with van der Waals surface area (Å²) in [7, 11) is 0. The van der Waals surface area contributed by atoms with Crippen LogP contribution in [0.3, 0.4) is 0 Å². The normalized spacial score (nSPS) is 27.6. The van der Waals surface area contributed by atoms with Crippen LogP contribution < -0.4 is 5.32 Å². The molecule has 1 fully saturated rings. The van der Waals surface area contributed by atoms with Crippen LogP contribution in [0, 0.1) is 29.4 Å². The predicted octanol–water partition coefficient (Wildman–Crippen LogP) is 5.08. The Kier molecular flexibility index (Phi) is 5.74. The number of benzene rings is 1. The Morgan fingerprint density at radius 2 is 1.90 bits per heavy atom. The lowest BCUT2D eigenvalue weighted by atomic mass is 9.72. The fourth-order valence-electron chi connectivity index (χ4n) is 3.45. The zero-order chi connectivity index (χ0) is 15.4. The van der Waals surface area contributed by atoms with E-state index in [4.69, 9.17) is 0 Å². The minimum Gasteiger partial charge on any atom is -0.310 e. The van der Waals surface area contributed by atoms with Crippen LogP contribution in [0.15, 0.2) is 18.2 Å². The molecule has 0 spiro atoms. The summed E-state index contributed by atoms with van der Waals surface area (Å²) in [6, 6.07) is 4.48. The van der Waals surface area contributed by atoms with Gasteiger partial charge in [-0.2, -0.15) is 0 Å². The minimum absolute atomic E-state index is 0.134.